The van der Waals surface area contributed by atoms with Gasteiger partial charge in [0.1, 0.15) is 5.82 Å². The van der Waals surface area contributed by atoms with Crippen molar-refractivity contribution in [1.29, 1.82) is 0 Å². The summed E-state index contributed by atoms with van der Waals surface area (Å²) in [6.07, 6.45) is 0. The predicted molar refractivity (Wildman–Crippen MR) is 77.0 cm³/mol. The number of nitrogen functional groups attached to an aromatic ring is 1. The van der Waals surface area contributed by atoms with Crippen LogP contribution in [0.25, 0.3) is 0 Å². The van der Waals surface area contributed by atoms with E-state index < -0.39 is 0 Å². The zero-order chi connectivity index (χ0) is 14.3. The molecule has 1 amide bonds. The first-order valence-corrected chi connectivity index (χ1v) is 6.77. The molecular weight excluding hydrogens is 252 g/mol. The molecule has 104 valence electrons. The van der Waals surface area contributed by atoms with Gasteiger partial charge < -0.3 is 10.6 Å². The van der Waals surface area contributed by atoms with Crippen LogP contribution in [-0.4, -0.2) is 20.6 Å². The van der Waals surface area contributed by atoms with Gasteiger partial charge in [0.15, 0.2) is 5.69 Å². The lowest BCUT2D eigenvalue weighted by atomic mass is 10.1. The number of carbonyl (C=O) groups is 1. The molecule has 1 aliphatic heterocycles. The lowest BCUT2D eigenvalue weighted by molar-refractivity contribution is 0.0744. The van der Waals surface area contributed by atoms with E-state index in [4.69, 9.17) is 5.73 Å². The first-order valence-electron chi connectivity index (χ1n) is 6.77. The van der Waals surface area contributed by atoms with E-state index in [0.717, 1.165) is 0 Å². The Morgan fingerprint density at radius 3 is 2.35 bits per heavy atom. The Balaban J connectivity index is 1.83. The second-order valence-electron chi connectivity index (χ2n) is 5.42. The van der Waals surface area contributed by atoms with Gasteiger partial charge in [-0.25, -0.2) is 4.68 Å². The molecule has 1 aliphatic rings. The number of anilines is 1. The van der Waals surface area contributed by atoms with Crippen molar-refractivity contribution in [2.45, 2.75) is 33.0 Å². The van der Waals surface area contributed by atoms with Crippen molar-refractivity contribution in [1.82, 2.24) is 14.7 Å². The highest BCUT2D eigenvalue weighted by Crippen LogP contribution is 2.24. The van der Waals surface area contributed by atoms with Gasteiger partial charge in [0.2, 0.25) is 0 Å². The van der Waals surface area contributed by atoms with E-state index >= 15 is 0 Å². The number of benzene rings is 1. The first-order chi connectivity index (χ1) is 9.56. The molecule has 1 aromatic carbocycles. The van der Waals surface area contributed by atoms with E-state index in [1.165, 1.54) is 11.1 Å². The van der Waals surface area contributed by atoms with Crippen LogP contribution in [0.1, 0.15) is 41.5 Å². The summed E-state index contributed by atoms with van der Waals surface area (Å²) in [4.78, 5) is 14.3. The average molecular weight is 270 g/mol. The van der Waals surface area contributed by atoms with Crippen LogP contribution in [0.15, 0.2) is 30.3 Å². The summed E-state index contributed by atoms with van der Waals surface area (Å²) in [5, 5.41) is 4.32. The highest BCUT2D eigenvalue weighted by Gasteiger charge is 2.26. The minimum absolute atomic E-state index is 0.0627. The number of rotatable bonds is 2. The first kappa shape index (κ1) is 12.7. The molecule has 5 heteroatoms. The fourth-order valence-electron chi connectivity index (χ4n) is 2.57. The Morgan fingerprint density at radius 2 is 1.85 bits per heavy atom. The third-order valence-corrected chi connectivity index (χ3v) is 3.60. The minimum atomic E-state index is -0.0627. The summed E-state index contributed by atoms with van der Waals surface area (Å²) in [5.41, 5.74) is 8.72. The largest absolute Gasteiger partial charge is 0.384 e. The van der Waals surface area contributed by atoms with Crippen molar-refractivity contribution in [2.24, 2.45) is 0 Å². The van der Waals surface area contributed by atoms with Gasteiger partial charge in [-0.2, -0.15) is 5.10 Å². The van der Waals surface area contributed by atoms with Crippen LogP contribution < -0.4 is 5.73 Å². The number of nitrogens with two attached hydrogens (primary N) is 1. The molecule has 5 nitrogen and oxygen atoms in total. The van der Waals surface area contributed by atoms with Gasteiger partial charge in [-0.15, -0.1) is 0 Å². The van der Waals surface area contributed by atoms with E-state index in [0.29, 0.717) is 24.6 Å². The second kappa shape index (κ2) is 4.67. The second-order valence-corrected chi connectivity index (χ2v) is 5.42. The van der Waals surface area contributed by atoms with Crippen molar-refractivity contribution < 1.29 is 4.79 Å². The Bertz CT molecular complexity index is 635. The number of amides is 1. The predicted octanol–water partition coefficient (Wildman–Crippen LogP) is 2.20. The zero-order valence-corrected chi connectivity index (χ0v) is 11.7. The van der Waals surface area contributed by atoms with Gasteiger partial charge in [0.25, 0.3) is 5.91 Å². The van der Waals surface area contributed by atoms with Crippen LogP contribution in [0.2, 0.25) is 0 Å². The van der Waals surface area contributed by atoms with Crippen molar-refractivity contribution in [3.05, 3.63) is 47.2 Å². The molecule has 0 spiro atoms. The fourth-order valence-corrected chi connectivity index (χ4v) is 2.57. The maximum atomic E-state index is 12.5. The molecule has 0 saturated carbocycles. The molecule has 0 aliphatic carbocycles. The Kier molecular flexibility index (Phi) is 2.97. The van der Waals surface area contributed by atoms with E-state index in [1.807, 2.05) is 26.0 Å². The number of fused-ring (bicyclic) bond motifs is 1. The molecule has 2 heterocycles. The summed E-state index contributed by atoms with van der Waals surface area (Å²) in [7, 11) is 0. The summed E-state index contributed by atoms with van der Waals surface area (Å²) < 4.78 is 1.68. The lowest BCUT2D eigenvalue weighted by Crippen LogP contribution is -2.26. The van der Waals surface area contributed by atoms with Crippen molar-refractivity contribution in [3.8, 4) is 0 Å². The minimum Gasteiger partial charge on any atom is -0.384 e. The fraction of sp³-hybridized carbons (Fsp3) is 0.333. The average Bonchev–Trinajstić information content (AvgIpc) is 3.01. The molecule has 1 aromatic heterocycles. The topological polar surface area (TPSA) is 64.2 Å². The highest BCUT2D eigenvalue weighted by molar-refractivity contribution is 5.93. The van der Waals surface area contributed by atoms with E-state index in [-0.39, 0.29) is 11.9 Å². The standard InChI is InChI=1S/C15H18N4O/c1-10(2)19-14(16)7-13(17-19)15(20)18-8-11-5-3-4-6-12(11)9-18/h3-7,10H,8-9,16H2,1-2H3. The molecule has 0 saturated heterocycles. The van der Waals surface area contributed by atoms with E-state index in [9.17, 15) is 4.79 Å². The molecule has 0 unspecified atom stereocenters. The van der Waals surface area contributed by atoms with Crippen LogP contribution in [0.3, 0.4) is 0 Å². The van der Waals surface area contributed by atoms with Gasteiger partial charge in [-0.3, -0.25) is 4.79 Å². The Labute approximate surface area is 118 Å². The van der Waals surface area contributed by atoms with E-state index in [1.54, 1.807) is 15.6 Å². The summed E-state index contributed by atoms with van der Waals surface area (Å²) in [6.45, 7) is 5.26. The van der Waals surface area contributed by atoms with Crippen LogP contribution >= 0.6 is 0 Å². The number of hydrogen-bond donors (Lipinski definition) is 1. The number of carbonyl (C=O) groups excluding carboxylic acids is 1. The molecule has 0 atom stereocenters. The lowest BCUT2D eigenvalue weighted by Gasteiger charge is -2.13. The SMILES string of the molecule is CC(C)n1nc(C(=O)N2Cc3ccccc3C2)cc1N. The maximum absolute atomic E-state index is 12.5. The highest BCUT2D eigenvalue weighted by atomic mass is 16.2. The van der Waals surface area contributed by atoms with Crippen molar-refractivity contribution >= 4 is 11.7 Å². The smallest absolute Gasteiger partial charge is 0.275 e. The molecule has 0 fully saturated rings. The maximum Gasteiger partial charge on any atom is 0.275 e. The van der Waals surface area contributed by atoms with Crippen LogP contribution in [-0.2, 0) is 13.1 Å². The third kappa shape index (κ3) is 2.05. The van der Waals surface area contributed by atoms with Gasteiger partial charge in [-0.05, 0) is 25.0 Å². The van der Waals surface area contributed by atoms with Crippen LogP contribution in [0.5, 0.6) is 0 Å². The van der Waals surface area contributed by atoms with Crippen molar-refractivity contribution in [3.63, 3.8) is 0 Å². The zero-order valence-electron chi connectivity index (χ0n) is 11.7. The Hall–Kier alpha value is -2.30. The third-order valence-electron chi connectivity index (χ3n) is 3.60. The Morgan fingerprint density at radius 1 is 1.25 bits per heavy atom. The number of nitrogens with zero attached hydrogens (tertiary/aromatic N) is 3. The molecule has 0 bridgehead atoms. The van der Waals surface area contributed by atoms with Gasteiger partial charge in [-0.1, -0.05) is 24.3 Å². The molecule has 0 radical (unpaired) electrons. The van der Waals surface area contributed by atoms with Crippen molar-refractivity contribution in [2.75, 3.05) is 5.73 Å². The molecule has 2 aromatic rings. The monoisotopic (exact) mass is 270 g/mol. The number of aromatic nitrogens is 2. The summed E-state index contributed by atoms with van der Waals surface area (Å²) >= 11 is 0. The number of hydrogen-bond acceptors (Lipinski definition) is 3. The molecule has 3 rings (SSSR count). The summed E-state index contributed by atoms with van der Waals surface area (Å²) in [5.74, 6) is 0.465. The van der Waals surface area contributed by atoms with Gasteiger partial charge in [0.05, 0.1) is 0 Å². The quantitative estimate of drug-likeness (QED) is 0.910. The summed E-state index contributed by atoms with van der Waals surface area (Å²) in [6, 6.07) is 9.92. The van der Waals surface area contributed by atoms with Gasteiger partial charge >= 0.3 is 0 Å². The van der Waals surface area contributed by atoms with Crippen LogP contribution in [0.4, 0.5) is 5.82 Å². The van der Waals surface area contributed by atoms with Gasteiger partial charge in [0, 0.05) is 25.2 Å². The normalized spacial score (nSPS) is 13.8. The molecular formula is C15H18N4O. The van der Waals surface area contributed by atoms with E-state index in [2.05, 4.69) is 17.2 Å². The molecule has 2 N–H and O–H groups in total. The molecule has 20 heavy (non-hydrogen) atoms. The van der Waals surface area contributed by atoms with Crippen LogP contribution in [0, 0.1) is 0 Å².